The van der Waals surface area contributed by atoms with Crippen LogP contribution in [-0.4, -0.2) is 68.8 Å². The molecule has 2 aromatic heterocycles. The molecule has 1 fully saturated rings. The molecule has 0 saturated heterocycles. The highest BCUT2D eigenvalue weighted by atomic mass is 31.2. The second-order valence-electron chi connectivity index (χ2n) is 10.2. The van der Waals surface area contributed by atoms with Crippen LogP contribution in [0.25, 0.3) is 10.9 Å². The Morgan fingerprint density at radius 3 is 2.75 bits per heavy atom. The smallest absolute Gasteiger partial charge is 0.469 e. The SMILES string of the molecule is COc1cc2c(Nc3cc(CC(=O)Nc4cccc(F)c4)[nH]n3)ncnc2cc1OCCC(NCCOP(=O)(O)O)C1CC1. The normalized spacial score (nSPS) is 13.9. The molecule has 2 heterocycles. The number of nitrogens with zero attached hydrogens (tertiary/aromatic N) is 3. The summed E-state index contributed by atoms with van der Waals surface area (Å²) in [7, 11) is -2.95. The number of halogens is 1. The zero-order chi connectivity index (χ0) is 31.1. The largest absolute Gasteiger partial charge is 0.493 e. The molecule has 6 N–H and O–H groups in total. The maximum Gasteiger partial charge on any atom is 0.469 e. The van der Waals surface area contributed by atoms with E-state index in [1.54, 1.807) is 24.3 Å². The van der Waals surface area contributed by atoms with Gasteiger partial charge in [-0.3, -0.25) is 14.4 Å². The van der Waals surface area contributed by atoms with Gasteiger partial charge >= 0.3 is 7.82 Å². The second-order valence-corrected chi connectivity index (χ2v) is 11.5. The van der Waals surface area contributed by atoms with E-state index in [2.05, 4.69) is 40.6 Å². The number of phosphoric acid groups is 1. The van der Waals surface area contributed by atoms with Crippen LogP contribution in [0.2, 0.25) is 0 Å². The van der Waals surface area contributed by atoms with Gasteiger partial charge in [0.1, 0.15) is 18.0 Å². The number of rotatable bonds is 16. The minimum absolute atomic E-state index is 0.00252. The van der Waals surface area contributed by atoms with Crippen molar-refractivity contribution >= 4 is 42.0 Å². The molecule has 0 radical (unpaired) electrons. The highest BCUT2D eigenvalue weighted by Gasteiger charge is 2.31. The summed E-state index contributed by atoms with van der Waals surface area (Å²) < 4.78 is 40.5. The van der Waals surface area contributed by atoms with Crippen molar-refractivity contribution in [2.45, 2.75) is 31.7 Å². The van der Waals surface area contributed by atoms with E-state index in [4.69, 9.17) is 19.3 Å². The Hall–Kier alpha value is -4.14. The number of ether oxygens (including phenoxy) is 2. The van der Waals surface area contributed by atoms with Gasteiger partial charge in [0.15, 0.2) is 17.3 Å². The predicted octanol–water partition coefficient (Wildman–Crippen LogP) is 3.67. The number of methoxy groups -OCH3 is 1. The van der Waals surface area contributed by atoms with Crippen molar-refractivity contribution in [2.75, 3.05) is 37.5 Å². The van der Waals surface area contributed by atoms with Gasteiger partial charge in [0.25, 0.3) is 0 Å². The zero-order valence-corrected chi connectivity index (χ0v) is 24.7. The van der Waals surface area contributed by atoms with Crippen LogP contribution in [-0.2, 0) is 20.3 Å². The van der Waals surface area contributed by atoms with Crippen molar-refractivity contribution in [3.63, 3.8) is 0 Å². The van der Waals surface area contributed by atoms with E-state index in [-0.39, 0.29) is 25.0 Å². The second kappa shape index (κ2) is 14.1. The van der Waals surface area contributed by atoms with E-state index >= 15 is 0 Å². The summed E-state index contributed by atoms with van der Waals surface area (Å²) in [5, 5.41) is 16.8. The summed E-state index contributed by atoms with van der Waals surface area (Å²) in [5.74, 6) is 1.61. The lowest BCUT2D eigenvalue weighted by Crippen LogP contribution is -2.35. The van der Waals surface area contributed by atoms with Gasteiger partial charge in [-0.25, -0.2) is 18.9 Å². The van der Waals surface area contributed by atoms with Crippen LogP contribution in [0.5, 0.6) is 11.5 Å². The Morgan fingerprint density at radius 1 is 1.16 bits per heavy atom. The Balaban J connectivity index is 1.19. The van der Waals surface area contributed by atoms with Gasteiger partial charge in [0, 0.05) is 41.5 Å². The molecule has 234 valence electrons. The summed E-state index contributed by atoms with van der Waals surface area (Å²) in [4.78, 5) is 38.8. The van der Waals surface area contributed by atoms with Crippen LogP contribution >= 0.6 is 7.82 Å². The van der Waals surface area contributed by atoms with Crippen LogP contribution in [0.15, 0.2) is 48.8 Å². The summed E-state index contributed by atoms with van der Waals surface area (Å²) in [6.45, 7) is 0.612. The van der Waals surface area contributed by atoms with Crippen molar-refractivity contribution < 1.29 is 37.5 Å². The predicted molar refractivity (Wildman–Crippen MR) is 159 cm³/mol. The van der Waals surface area contributed by atoms with Gasteiger partial charge < -0.3 is 35.2 Å². The fourth-order valence-electron chi connectivity index (χ4n) is 4.73. The van der Waals surface area contributed by atoms with Crippen LogP contribution < -0.4 is 25.4 Å². The quantitative estimate of drug-likeness (QED) is 0.0779. The summed E-state index contributed by atoms with van der Waals surface area (Å²) in [6.07, 6.45) is 4.27. The lowest BCUT2D eigenvalue weighted by molar-refractivity contribution is -0.115. The fraction of sp³-hybridized carbons (Fsp3) is 0.357. The maximum atomic E-state index is 13.4. The van der Waals surface area contributed by atoms with Gasteiger partial charge in [0.05, 0.1) is 32.3 Å². The topological polar surface area (TPSA) is 193 Å². The summed E-state index contributed by atoms with van der Waals surface area (Å²) in [6, 6.07) is 11.0. The van der Waals surface area contributed by atoms with Gasteiger partial charge in [-0.2, -0.15) is 5.10 Å². The number of aromatic nitrogens is 4. The molecule has 0 spiro atoms. The number of hydrogen-bond acceptors (Lipinski definition) is 10. The number of fused-ring (bicyclic) bond motifs is 1. The number of hydrogen-bond donors (Lipinski definition) is 6. The van der Waals surface area contributed by atoms with Gasteiger partial charge in [0.2, 0.25) is 5.91 Å². The molecule has 1 unspecified atom stereocenters. The van der Waals surface area contributed by atoms with Crippen LogP contribution in [0, 0.1) is 11.7 Å². The zero-order valence-electron chi connectivity index (χ0n) is 23.8. The summed E-state index contributed by atoms with van der Waals surface area (Å²) >= 11 is 0. The van der Waals surface area contributed by atoms with Gasteiger partial charge in [-0.05, 0) is 49.4 Å². The monoisotopic (exact) mass is 629 g/mol. The van der Waals surface area contributed by atoms with E-state index < -0.39 is 13.6 Å². The van der Waals surface area contributed by atoms with E-state index in [1.807, 2.05) is 0 Å². The molecular weight excluding hydrogens is 596 g/mol. The minimum Gasteiger partial charge on any atom is -0.493 e. The van der Waals surface area contributed by atoms with E-state index in [1.165, 1.54) is 31.6 Å². The van der Waals surface area contributed by atoms with E-state index in [0.717, 1.165) is 12.8 Å². The number of carbonyl (C=O) groups is 1. The molecule has 4 aromatic rings. The molecule has 0 bridgehead atoms. The number of H-pyrrole nitrogens is 1. The first-order valence-corrected chi connectivity index (χ1v) is 15.5. The average molecular weight is 630 g/mol. The molecule has 1 aliphatic carbocycles. The van der Waals surface area contributed by atoms with E-state index in [9.17, 15) is 13.8 Å². The molecule has 0 aliphatic heterocycles. The van der Waals surface area contributed by atoms with Crippen LogP contribution in [0.1, 0.15) is 25.0 Å². The third-order valence-electron chi connectivity index (χ3n) is 6.90. The molecule has 1 amide bonds. The molecule has 5 rings (SSSR count). The van der Waals surface area contributed by atoms with Crippen molar-refractivity contribution in [1.82, 2.24) is 25.5 Å². The fourth-order valence-corrected chi connectivity index (χ4v) is 5.05. The molecule has 14 nitrogen and oxygen atoms in total. The molecule has 1 aliphatic rings. The van der Waals surface area contributed by atoms with Crippen molar-refractivity contribution in [3.8, 4) is 11.5 Å². The Kier molecular flexibility index (Phi) is 10.0. The van der Waals surface area contributed by atoms with Crippen LogP contribution in [0.4, 0.5) is 21.7 Å². The molecule has 2 aromatic carbocycles. The standard InChI is InChI=1S/C28H33FN7O7P/c1-41-24-14-21-23(15-25(24)42-9-7-22(17-5-6-17)30-8-10-43-44(38,39)40)31-16-32-28(21)34-26-12-20(35-36-26)13-27(37)33-19-4-2-3-18(29)11-19/h2-4,11-12,14-17,22,30H,5-10,13H2,1H3,(H,33,37)(H2,38,39,40)(H2,31,32,34,35,36). The maximum absolute atomic E-state index is 13.4. The molecule has 44 heavy (non-hydrogen) atoms. The number of carbonyl (C=O) groups excluding carboxylic acids is 1. The Morgan fingerprint density at radius 2 is 2.00 bits per heavy atom. The number of anilines is 3. The molecule has 1 saturated carbocycles. The number of amides is 1. The molecule has 1 atom stereocenters. The minimum atomic E-state index is -4.49. The van der Waals surface area contributed by atoms with Gasteiger partial charge in [-0.1, -0.05) is 6.07 Å². The number of nitrogens with one attached hydrogen (secondary N) is 4. The first-order valence-electron chi connectivity index (χ1n) is 13.9. The highest BCUT2D eigenvalue weighted by molar-refractivity contribution is 7.46. The third kappa shape index (κ3) is 8.94. The highest BCUT2D eigenvalue weighted by Crippen LogP contribution is 2.37. The van der Waals surface area contributed by atoms with Crippen molar-refractivity contribution in [3.05, 3.63) is 60.3 Å². The Labute approximate surface area is 252 Å². The number of aromatic amines is 1. The third-order valence-corrected chi connectivity index (χ3v) is 7.42. The van der Waals surface area contributed by atoms with Gasteiger partial charge in [-0.15, -0.1) is 0 Å². The van der Waals surface area contributed by atoms with Crippen molar-refractivity contribution in [2.24, 2.45) is 5.92 Å². The first kappa shape index (κ1) is 31.3. The lowest BCUT2D eigenvalue weighted by atomic mass is 10.1. The van der Waals surface area contributed by atoms with Crippen molar-refractivity contribution in [1.29, 1.82) is 0 Å². The lowest BCUT2D eigenvalue weighted by Gasteiger charge is -2.19. The van der Waals surface area contributed by atoms with Crippen LogP contribution in [0.3, 0.4) is 0 Å². The first-order chi connectivity index (χ1) is 21.2. The Bertz CT molecular complexity index is 1650. The molecular formula is C28H33FN7O7P. The summed E-state index contributed by atoms with van der Waals surface area (Å²) in [5.41, 5.74) is 1.51. The van der Waals surface area contributed by atoms with E-state index in [0.29, 0.717) is 70.9 Å². The number of benzene rings is 2. The average Bonchev–Trinajstić information content (AvgIpc) is 3.73. The number of phosphoric ester groups is 1. The molecule has 16 heteroatoms.